The average molecular weight is 352 g/mol. The van der Waals surface area contributed by atoms with E-state index in [9.17, 15) is 4.79 Å². The van der Waals surface area contributed by atoms with Gasteiger partial charge in [0.2, 0.25) is 0 Å². The van der Waals surface area contributed by atoms with E-state index in [4.69, 9.17) is 0 Å². The average Bonchev–Trinajstić information content (AvgIpc) is 3.18. The third-order valence-electron chi connectivity index (χ3n) is 4.93. The first-order chi connectivity index (χ1) is 12.7. The molecule has 0 saturated heterocycles. The molecule has 1 atom stereocenters. The zero-order valence-corrected chi connectivity index (χ0v) is 15.1. The van der Waals surface area contributed by atoms with Gasteiger partial charge in [-0.15, -0.1) is 10.2 Å². The standard InChI is InChI=1S/C19H24N6O/c1-3-24-12-21-23-18(24)13(2)22-19(26)25(16-5-6-16)11-14-4-7-17-15(10-14)8-9-20-17/h4,7-10,12-13,16,20H,3,5-6,11H2,1-2H3,(H,22,26)/t13-/m0/s1. The van der Waals surface area contributed by atoms with Crippen LogP contribution in [0.4, 0.5) is 4.79 Å². The van der Waals surface area contributed by atoms with E-state index in [1.165, 1.54) is 5.39 Å². The Balaban J connectivity index is 1.48. The van der Waals surface area contributed by atoms with Gasteiger partial charge < -0.3 is 19.8 Å². The number of rotatable bonds is 6. The van der Waals surface area contributed by atoms with Crippen LogP contribution in [0.1, 0.15) is 44.1 Å². The number of benzene rings is 1. The first kappa shape index (κ1) is 16.6. The lowest BCUT2D eigenvalue weighted by Gasteiger charge is -2.25. The smallest absolute Gasteiger partial charge is 0.318 e. The van der Waals surface area contributed by atoms with Gasteiger partial charge in [-0.3, -0.25) is 0 Å². The molecule has 1 saturated carbocycles. The van der Waals surface area contributed by atoms with Gasteiger partial charge in [0, 0.05) is 30.8 Å². The van der Waals surface area contributed by atoms with E-state index < -0.39 is 0 Å². The molecule has 2 aromatic heterocycles. The second-order valence-electron chi connectivity index (χ2n) is 6.90. The van der Waals surface area contributed by atoms with Crippen molar-refractivity contribution in [2.24, 2.45) is 0 Å². The molecule has 7 heteroatoms. The Morgan fingerprint density at radius 2 is 2.27 bits per heavy atom. The van der Waals surface area contributed by atoms with Crippen molar-refractivity contribution in [1.82, 2.24) is 30.0 Å². The fourth-order valence-corrected chi connectivity index (χ4v) is 3.33. The van der Waals surface area contributed by atoms with Crippen LogP contribution in [-0.2, 0) is 13.1 Å². The molecule has 136 valence electrons. The number of hydrogen-bond donors (Lipinski definition) is 2. The number of fused-ring (bicyclic) bond motifs is 1. The zero-order valence-electron chi connectivity index (χ0n) is 15.1. The monoisotopic (exact) mass is 352 g/mol. The minimum atomic E-state index is -0.182. The summed E-state index contributed by atoms with van der Waals surface area (Å²) < 4.78 is 1.95. The van der Waals surface area contributed by atoms with Crippen molar-refractivity contribution in [3.8, 4) is 0 Å². The Hall–Kier alpha value is -2.83. The highest BCUT2D eigenvalue weighted by Gasteiger charge is 2.33. The molecule has 3 aromatic rings. The number of aryl methyl sites for hydroxylation is 1. The highest BCUT2D eigenvalue weighted by molar-refractivity contribution is 5.80. The summed E-state index contributed by atoms with van der Waals surface area (Å²) in [5.41, 5.74) is 2.26. The summed E-state index contributed by atoms with van der Waals surface area (Å²) >= 11 is 0. The van der Waals surface area contributed by atoms with Crippen molar-refractivity contribution >= 4 is 16.9 Å². The summed E-state index contributed by atoms with van der Waals surface area (Å²) in [4.78, 5) is 18.0. The molecule has 1 aromatic carbocycles. The summed E-state index contributed by atoms with van der Waals surface area (Å²) in [6, 6.07) is 8.45. The molecule has 0 spiro atoms. The first-order valence-electron chi connectivity index (χ1n) is 9.16. The van der Waals surface area contributed by atoms with E-state index in [-0.39, 0.29) is 12.1 Å². The molecule has 2 N–H and O–H groups in total. The van der Waals surface area contributed by atoms with Gasteiger partial charge >= 0.3 is 6.03 Å². The zero-order chi connectivity index (χ0) is 18.1. The largest absolute Gasteiger partial charge is 0.361 e. The predicted octanol–water partition coefficient (Wildman–Crippen LogP) is 3.21. The number of amides is 2. The number of urea groups is 1. The highest BCUT2D eigenvalue weighted by Crippen LogP contribution is 2.29. The van der Waals surface area contributed by atoms with E-state index in [1.54, 1.807) is 6.33 Å². The number of nitrogens with one attached hydrogen (secondary N) is 2. The number of carbonyl (C=O) groups is 1. The molecule has 4 rings (SSSR count). The Morgan fingerprint density at radius 1 is 1.42 bits per heavy atom. The highest BCUT2D eigenvalue weighted by atomic mass is 16.2. The normalized spacial score (nSPS) is 15.2. The maximum atomic E-state index is 12.9. The molecule has 0 aliphatic heterocycles. The molecule has 1 aliphatic carbocycles. The van der Waals surface area contributed by atoms with Crippen molar-refractivity contribution in [2.75, 3.05) is 0 Å². The molecule has 0 unspecified atom stereocenters. The van der Waals surface area contributed by atoms with Gasteiger partial charge in [0.1, 0.15) is 6.33 Å². The van der Waals surface area contributed by atoms with E-state index in [2.05, 4.69) is 44.8 Å². The second kappa shape index (κ2) is 6.82. The molecule has 1 aliphatic rings. The number of aromatic nitrogens is 4. The minimum absolute atomic E-state index is 0.0418. The van der Waals surface area contributed by atoms with Gasteiger partial charge in [-0.1, -0.05) is 6.07 Å². The third kappa shape index (κ3) is 3.29. The Morgan fingerprint density at radius 3 is 3.04 bits per heavy atom. The molecule has 7 nitrogen and oxygen atoms in total. The van der Waals surface area contributed by atoms with Crippen LogP contribution >= 0.6 is 0 Å². The van der Waals surface area contributed by atoms with Gasteiger partial charge in [-0.05, 0) is 55.8 Å². The van der Waals surface area contributed by atoms with Gasteiger partial charge in [0.15, 0.2) is 5.82 Å². The summed E-state index contributed by atoms with van der Waals surface area (Å²) in [5, 5.41) is 12.4. The van der Waals surface area contributed by atoms with Gasteiger partial charge in [0.05, 0.1) is 6.04 Å². The lowest BCUT2D eigenvalue weighted by atomic mass is 10.1. The van der Waals surface area contributed by atoms with Gasteiger partial charge in [0.25, 0.3) is 0 Å². The third-order valence-corrected chi connectivity index (χ3v) is 4.93. The van der Waals surface area contributed by atoms with E-state index in [1.807, 2.05) is 29.5 Å². The Kier molecular flexibility index (Phi) is 4.36. The lowest BCUT2D eigenvalue weighted by Crippen LogP contribution is -2.42. The summed E-state index contributed by atoms with van der Waals surface area (Å²) in [6.45, 7) is 5.39. The lowest BCUT2D eigenvalue weighted by molar-refractivity contribution is 0.188. The molecule has 0 bridgehead atoms. The Labute approximate surface area is 152 Å². The second-order valence-corrected chi connectivity index (χ2v) is 6.90. The van der Waals surface area contributed by atoms with Gasteiger partial charge in [-0.25, -0.2) is 4.79 Å². The summed E-state index contributed by atoms with van der Waals surface area (Å²) in [5.74, 6) is 0.783. The molecule has 1 fully saturated rings. The Bertz CT molecular complexity index is 910. The molecule has 2 heterocycles. The van der Waals surface area contributed by atoms with Crippen LogP contribution in [0.2, 0.25) is 0 Å². The van der Waals surface area contributed by atoms with Crippen molar-refractivity contribution in [3.63, 3.8) is 0 Å². The molecule has 2 amide bonds. The fourth-order valence-electron chi connectivity index (χ4n) is 3.33. The molecular weight excluding hydrogens is 328 g/mol. The van der Waals surface area contributed by atoms with Crippen LogP contribution in [-0.4, -0.2) is 36.7 Å². The summed E-state index contributed by atoms with van der Waals surface area (Å²) in [7, 11) is 0. The molecule has 26 heavy (non-hydrogen) atoms. The minimum Gasteiger partial charge on any atom is -0.361 e. The number of hydrogen-bond acceptors (Lipinski definition) is 3. The van der Waals surface area contributed by atoms with Crippen molar-refractivity contribution < 1.29 is 4.79 Å². The first-order valence-corrected chi connectivity index (χ1v) is 9.16. The quantitative estimate of drug-likeness (QED) is 0.715. The van der Waals surface area contributed by atoms with Crippen LogP contribution in [0.25, 0.3) is 10.9 Å². The van der Waals surface area contributed by atoms with Crippen molar-refractivity contribution in [1.29, 1.82) is 0 Å². The van der Waals surface area contributed by atoms with Crippen LogP contribution in [0.5, 0.6) is 0 Å². The predicted molar refractivity (Wildman–Crippen MR) is 99.5 cm³/mol. The number of nitrogens with zero attached hydrogens (tertiary/aromatic N) is 4. The fraction of sp³-hybridized carbons (Fsp3) is 0.421. The number of H-pyrrole nitrogens is 1. The van der Waals surface area contributed by atoms with E-state index in [0.29, 0.717) is 12.6 Å². The van der Waals surface area contributed by atoms with E-state index >= 15 is 0 Å². The topological polar surface area (TPSA) is 78.8 Å². The number of aromatic amines is 1. The maximum Gasteiger partial charge on any atom is 0.318 e. The molecule has 0 radical (unpaired) electrons. The van der Waals surface area contributed by atoms with Crippen LogP contribution < -0.4 is 5.32 Å². The van der Waals surface area contributed by atoms with Crippen LogP contribution in [0, 0.1) is 0 Å². The van der Waals surface area contributed by atoms with E-state index in [0.717, 1.165) is 36.3 Å². The van der Waals surface area contributed by atoms with Crippen LogP contribution in [0.15, 0.2) is 36.8 Å². The maximum absolute atomic E-state index is 12.9. The number of carbonyl (C=O) groups excluding carboxylic acids is 1. The van der Waals surface area contributed by atoms with Crippen molar-refractivity contribution in [2.45, 2.75) is 51.9 Å². The molecular formula is C19H24N6O. The van der Waals surface area contributed by atoms with Gasteiger partial charge in [-0.2, -0.15) is 0 Å². The van der Waals surface area contributed by atoms with Crippen LogP contribution in [0.3, 0.4) is 0 Å². The summed E-state index contributed by atoms with van der Waals surface area (Å²) in [6.07, 6.45) is 5.77. The van der Waals surface area contributed by atoms with Crippen molar-refractivity contribution in [3.05, 3.63) is 48.2 Å². The SMILES string of the molecule is CCn1cnnc1[C@H](C)NC(=O)N(Cc1ccc2[nH]ccc2c1)C1CC1.